The van der Waals surface area contributed by atoms with Gasteiger partial charge in [0.25, 0.3) is 0 Å². The highest BCUT2D eigenvalue weighted by Crippen LogP contribution is 2.18. The number of nitrogens with one attached hydrogen (secondary N) is 1. The molecule has 5 heteroatoms. The maximum absolute atomic E-state index is 12.0. The summed E-state index contributed by atoms with van der Waals surface area (Å²) >= 11 is 0. The number of hydrogen-bond donors (Lipinski definition) is 1. The van der Waals surface area contributed by atoms with Gasteiger partial charge in [0, 0.05) is 24.9 Å². The number of ether oxygens (including phenoxy) is 1. The zero-order valence-electron chi connectivity index (χ0n) is 18.6. The lowest BCUT2D eigenvalue weighted by molar-refractivity contribution is -0.128. The van der Waals surface area contributed by atoms with Gasteiger partial charge in [-0.25, -0.2) is 4.98 Å². The Labute approximate surface area is 179 Å². The Bertz CT molecular complexity index is 968. The first-order valence-electron chi connectivity index (χ1n) is 10.8. The minimum Gasteiger partial charge on any atom is -0.494 e. The lowest BCUT2D eigenvalue weighted by Crippen LogP contribution is -2.35. The first kappa shape index (κ1) is 21.9. The van der Waals surface area contributed by atoms with Gasteiger partial charge in [0.2, 0.25) is 5.91 Å². The van der Waals surface area contributed by atoms with Gasteiger partial charge in [-0.3, -0.25) is 4.79 Å². The van der Waals surface area contributed by atoms with Crippen LogP contribution in [0.2, 0.25) is 0 Å². The van der Waals surface area contributed by atoms with Crippen molar-refractivity contribution in [2.24, 2.45) is 5.41 Å². The van der Waals surface area contributed by atoms with Crippen molar-refractivity contribution >= 4 is 16.9 Å². The zero-order chi connectivity index (χ0) is 21.6. The number of amides is 1. The van der Waals surface area contributed by atoms with Crippen molar-refractivity contribution in [2.45, 2.75) is 53.5 Å². The topological polar surface area (TPSA) is 56.1 Å². The van der Waals surface area contributed by atoms with E-state index in [0.717, 1.165) is 48.4 Å². The second kappa shape index (κ2) is 9.79. The van der Waals surface area contributed by atoms with Crippen LogP contribution in [0.25, 0.3) is 11.0 Å². The number of carbonyl (C=O) groups is 1. The third-order valence-corrected chi connectivity index (χ3v) is 5.09. The molecule has 0 atom stereocenters. The van der Waals surface area contributed by atoms with Crippen LogP contribution in [0.15, 0.2) is 48.5 Å². The molecule has 0 radical (unpaired) electrons. The quantitative estimate of drug-likeness (QED) is 0.513. The smallest absolute Gasteiger partial charge is 0.225 e. The number of aromatic nitrogens is 2. The number of imidazole rings is 1. The molecule has 1 heterocycles. The molecule has 1 amide bonds. The molecule has 3 rings (SSSR count). The second-order valence-corrected chi connectivity index (χ2v) is 8.79. The van der Waals surface area contributed by atoms with Crippen LogP contribution < -0.4 is 10.1 Å². The molecular weight excluding hydrogens is 374 g/mol. The second-order valence-electron chi connectivity index (χ2n) is 8.79. The van der Waals surface area contributed by atoms with E-state index in [2.05, 4.69) is 47.1 Å². The highest BCUT2D eigenvalue weighted by Gasteiger charge is 2.20. The monoisotopic (exact) mass is 407 g/mol. The molecular formula is C25H33N3O2. The van der Waals surface area contributed by atoms with Crippen LogP contribution in [0.4, 0.5) is 0 Å². The highest BCUT2D eigenvalue weighted by molar-refractivity contribution is 5.81. The number of hydrogen-bond acceptors (Lipinski definition) is 3. The van der Waals surface area contributed by atoms with E-state index in [1.165, 1.54) is 5.56 Å². The Morgan fingerprint density at radius 2 is 1.80 bits per heavy atom. The summed E-state index contributed by atoms with van der Waals surface area (Å²) in [4.78, 5) is 16.9. The van der Waals surface area contributed by atoms with Crippen molar-refractivity contribution in [3.63, 3.8) is 0 Å². The molecule has 0 saturated carbocycles. The standard InChI is InChI=1S/C25H33N3O2/c1-19-12-14-20(15-13-19)30-18-8-17-28-22-10-6-5-9-21(22)27-23(28)11-7-16-26-24(29)25(2,3)4/h5-6,9-10,12-15H,7-8,11,16-18H2,1-4H3,(H,26,29). The van der Waals surface area contributed by atoms with Gasteiger partial charge in [-0.15, -0.1) is 0 Å². The van der Waals surface area contributed by atoms with Crippen LogP contribution >= 0.6 is 0 Å². The molecule has 30 heavy (non-hydrogen) atoms. The Morgan fingerprint density at radius 3 is 2.53 bits per heavy atom. The van der Waals surface area contributed by atoms with E-state index in [1.807, 2.05) is 39.0 Å². The van der Waals surface area contributed by atoms with Crippen molar-refractivity contribution in [3.05, 3.63) is 59.9 Å². The van der Waals surface area contributed by atoms with E-state index < -0.39 is 0 Å². The van der Waals surface area contributed by atoms with E-state index in [0.29, 0.717) is 13.2 Å². The Morgan fingerprint density at radius 1 is 1.07 bits per heavy atom. The highest BCUT2D eigenvalue weighted by atomic mass is 16.5. The molecule has 160 valence electrons. The molecule has 2 aromatic carbocycles. The average Bonchev–Trinajstić information content (AvgIpc) is 3.06. The van der Waals surface area contributed by atoms with E-state index >= 15 is 0 Å². The van der Waals surface area contributed by atoms with Crippen LogP contribution in [0.1, 0.15) is 45.0 Å². The number of rotatable bonds is 9. The van der Waals surface area contributed by atoms with Crippen LogP contribution in [0.5, 0.6) is 5.75 Å². The predicted octanol–water partition coefficient (Wildman–Crippen LogP) is 4.91. The molecule has 0 fully saturated rings. The molecule has 0 spiro atoms. The van der Waals surface area contributed by atoms with E-state index in [-0.39, 0.29) is 11.3 Å². The van der Waals surface area contributed by atoms with Crippen molar-refractivity contribution < 1.29 is 9.53 Å². The molecule has 0 unspecified atom stereocenters. The molecule has 0 aliphatic heterocycles. The van der Waals surface area contributed by atoms with Crippen molar-refractivity contribution in [1.82, 2.24) is 14.9 Å². The number of benzene rings is 2. The Hall–Kier alpha value is -2.82. The summed E-state index contributed by atoms with van der Waals surface area (Å²) in [5, 5.41) is 3.02. The van der Waals surface area contributed by atoms with Crippen LogP contribution in [0, 0.1) is 12.3 Å². The number of aryl methyl sites for hydroxylation is 3. The predicted molar refractivity (Wildman–Crippen MR) is 122 cm³/mol. The normalized spacial score (nSPS) is 11.6. The first-order chi connectivity index (χ1) is 14.3. The summed E-state index contributed by atoms with van der Waals surface area (Å²) < 4.78 is 8.18. The fourth-order valence-electron chi connectivity index (χ4n) is 3.33. The lowest BCUT2D eigenvalue weighted by atomic mass is 9.96. The minimum absolute atomic E-state index is 0.0873. The summed E-state index contributed by atoms with van der Waals surface area (Å²) in [6.45, 7) is 10.0. The third kappa shape index (κ3) is 5.85. The Kier molecular flexibility index (Phi) is 7.14. The SMILES string of the molecule is Cc1ccc(OCCCn2c(CCCNC(=O)C(C)(C)C)nc3ccccc32)cc1. The number of fused-ring (bicyclic) bond motifs is 1. The van der Waals surface area contributed by atoms with E-state index in [9.17, 15) is 4.79 Å². The fraction of sp³-hybridized carbons (Fsp3) is 0.440. The number of para-hydroxylation sites is 2. The molecule has 1 aromatic heterocycles. The van der Waals surface area contributed by atoms with Gasteiger partial charge in [0.15, 0.2) is 0 Å². The Balaban J connectivity index is 1.57. The van der Waals surface area contributed by atoms with Crippen LogP contribution in [-0.2, 0) is 17.8 Å². The van der Waals surface area contributed by atoms with Crippen molar-refractivity contribution in [1.29, 1.82) is 0 Å². The molecule has 1 N–H and O–H groups in total. The molecule has 5 nitrogen and oxygen atoms in total. The minimum atomic E-state index is -0.357. The van der Waals surface area contributed by atoms with Crippen LogP contribution in [-0.4, -0.2) is 28.6 Å². The zero-order valence-corrected chi connectivity index (χ0v) is 18.6. The van der Waals surface area contributed by atoms with Crippen molar-refractivity contribution in [2.75, 3.05) is 13.2 Å². The molecule has 0 aliphatic rings. The largest absolute Gasteiger partial charge is 0.494 e. The average molecular weight is 408 g/mol. The summed E-state index contributed by atoms with van der Waals surface area (Å²) in [6.07, 6.45) is 2.60. The summed E-state index contributed by atoms with van der Waals surface area (Å²) in [7, 11) is 0. The van der Waals surface area contributed by atoms with Gasteiger partial charge >= 0.3 is 0 Å². The maximum atomic E-state index is 12.0. The molecule has 0 aliphatic carbocycles. The summed E-state index contributed by atoms with van der Waals surface area (Å²) in [5.74, 6) is 2.06. The van der Waals surface area contributed by atoms with Crippen molar-refractivity contribution in [3.8, 4) is 5.75 Å². The van der Waals surface area contributed by atoms with Gasteiger partial charge in [-0.05, 0) is 44.0 Å². The van der Waals surface area contributed by atoms with Gasteiger partial charge in [-0.1, -0.05) is 50.6 Å². The van der Waals surface area contributed by atoms with Gasteiger partial charge < -0.3 is 14.6 Å². The fourth-order valence-corrected chi connectivity index (χ4v) is 3.33. The third-order valence-electron chi connectivity index (χ3n) is 5.09. The summed E-state index contributed by atoms with van der Waals surface area (Å²) in [6, 6.07) is 16.4. The molecule has 3 aromatic rings. The van der Waals surface area contributed by atoms with Gasteiger partial charge in [-0.2, -0.15) is 0 Å². The first-order valence-corrected chi connectivity index (χ1v) is 10.8. The molecule has 0 bridgehead atoms. The summed E-state index contributed by atoms with van der Waals surface area (Å²) in [5.41, 5.74) is 3.05. The number of nitrogens with zero attached hydrogens (tertiary/aromatic N) is 2. The maximum Gasteiger partial charge on any atom is 0.225 e. The lowest BCUT2D eigenvalue weighted by Gasteiger charge is -2.17. The van der Waals surface area contributed by atoms with E-state index in [1.54, 1.807) is 0 Å². The van der Waals surface area contributed by atoms with Crippen LogP contribution in [0.3, 0.4) is 0 Å². The van der Waals surface area contributed by atoms with E-state index in [4.69, 9.17) is 9.72 Å². The van der Waals surface area contributed by atoms with Gasteiger partial charge in [0.05, 0.1) is 17.6 Å². The van der Waals surface area contributed by atoms with Gasteiger partial charge in [0.1, 0.15) is 11.6 Å². The molecule has 0 saturated heterocycles. The number of carbonyl (C=O) groups excluding carboxylic acids is 1.